The number of carbonyl (C=O) groups is 2. The molecule has 1 unspecified atom stereocenters. The number of amides is 2. The molecule has 1 fully saturated rings. The molecular weight excluding hydrogens is 260 g/mol. The summed E-state index contributed by atoms with van der Waals surface area (Å²) in [5.74, 6) is -0.977. The molecule has 1 atom stereocenters. The normalized spacial score (nSPS) is 17.7. The number of carboxylic acids is 1. The molecule has 0 bridgehead atoms. The third-order valence-corrected chi connectivity index (χ3v) is 3.14. The van der Waals surface area contributed by atoms with E-state index in [9.17, 15) is 9.59 Å². The number of urea groups is 1. The van der Waals surface area contributed by atoms with E-state index in [4.69, 9.17) is 9.84 Å². The lowest BCUT2D eigenvalue weighted by atomic mass is 10.1. The van der Waals surface area contributed by atoms with E-state index in [1.807, 2.05) is 0 Å². The van der Waals surface area contributed by atoms with Gasteiger partial charge in [0.2, 0.25) is 0 Å². The first-order chi connectivity index (χ1) is 9.65. The molecule has 1 aliphatic heterocycles. The molecular formula is C14H18N2O4. The Morgan fingerprint density at radius 1 is 1.35 bits per heavy atom. The summed E-state index contributed by atoms with van der Waals surface area (Å²) in [6.45, 7) is 1.55. The second-order valence-corrected chi connectivity index (χ2v) is 4.70. The molecule has 0 aliphatic carbocycles. The van der Waals surface area contributed by atoms with E-state index in [-0.39, 0.29) is 17.7 Å². The standard InChI is InChI=1S/C14H18N2O4/c17-13(18)11-4-1-3-10(7-11)8-15-14(19)16-9-12-5-2-6-20-12/h1,3-4,7,12H,2,5-6,8-9H2,(H,17,18)(H2,15,16,19). The molecule has 1 heterocycles. The Hall–Kier alpha value is -2.08. The largest absolute Gasteiger partial charge is 0.478 e. The fourth-order valence-electron chi connectivity index (χ4n) is 2.07. The van der Waals surface area contributed by atoms with Crippen molar-refractivity contribution in [3.63, 3.8) is 0 Å². The number of ether oxygens (including phenoxy) is 1. The number of nitrogens with one attached hydrogen (secondary N) is 2. The minimum Gasteiger partial charge on any atom is -0.478 e. The predicted octanol–water partition coefficient (Wildman–Crippen LogP) is 1.36. The molecule has 6 nitrogen and oxygen atoms in total. The van der Waals surface area contributed by atoms with Crippen LogP contribution in [-0.2, 0) is 11.3 Å². The Morgan fingerprint density at radius 2 is 2.20 bits per heavy atom. The van der Waals surface area contributed by atoms with Gasteiger partial charge in [0, 0.05) is 19.7 Å². The van der Waals surface area contributed by atoms with E-state index >= 15 is 0 Å². The van der Waals surface area contributed by atoms with Crippen LogP contribution in [0.5, 0.6) is 0 Å². The smallest absolute Gasteiger partial charge is 0.335 e. The van der Waals surface area contributed by atoms with Crippen molar-refractivity contribution in [3.05, 3.63) is 35.4 Å². The Balaban J connectivity index is 1.75. The SMILES string of the molecule is O=C(NCc1cccc(C(=O)O)c1)NCC1CCCO1. The van der Waals surface area contributed by atoms with Gasteiger partial charge < -0.3 is 20.5 Å². The summed E-state index contributed by atoms with van der Waals surface area (Å²) in [5, 5.41) is 14.3. The van der Waals surface area contributed by atoms with Crippen LogP contribution in [0.15, 0.2) is 24.3 Å². The minimum absolute atomic E-state index is 0.107. The van der Waals surface area contributed by atoms with E-state index in [1.54, 1.807) is 18.2 Å². The highest BCUT2D eigenvalue weighted by molar-refractivity contribution is 5.87. The molecule has 0 spiro atoms. The highest BCUT2D eigenvalue weighted by Gasteiger charge is 2.15. The van der Waals surface area contributed by atoms with Gasteiger partial charge in [0.1, 0.15) is 0 Å². The first kappa shape index (κ1) is 14.3. The summed E-state index contributed by atoms with van der Waals surface area (Å²) in [6, 6.07) is 6.21. The quantitative estimate of drug-likeness (QED) is 0.759. The van der Waals surface area contributed by atoms with Crippen molar-refractivity contribution in [2.24, 2.45) is 0 Å². The van der Waals surface area contributed by atoms with Crippen LogP contribution in [0.4, 0.5) is 4.79 Å². The van der Waals surface area contributed by atoms with Gasteiger partial charge in [-0.1, -0.05) is 12.1 Å². The Morgan fingerprint density at radius 3 is 2.90 bits per heavy atom. The van der Waals surface area contributed by atoms with E-state index in [2.05, 4.69) is 10.6 Å². The molecule has 6 heteroatoms. The van der Waals surface area contributed by atoms with Gasteiger partial charge in [-0.15, -0.1) is 0 Å². The van der Waals surface area contributed by atoms with Crippen molar-refractivity contribution >= 4 is 12.0 Å². The van der Waals surface area contributed by atoms with Crippen molar-refractivity contribution < 1.29 is 19.4 Å². The van der Waals surface area contributed by atoms with Gasteiger partial charge in [0.05, 0.1) is 11.7 Å². The third kappa shape index (κ3) is 4.24. The fourth-order valence-corrected chi connectivity index (χ4v) is 2.07. The van der Waals surface area contributed by atoms with Gasteiger partial charge in [-0.25, -0.2) is 9.59 Å². The zero-order chi connectivity index (χ0) is 14.4. The first-order valence-corrected chi connectivity index (χ1v) is 6.60. The average Bonchev–Trinajstić information content (AvgIpc) is 2.96. The molecule has 1 saturated heterocycles. The summed E-state index contributed by atoms with van der Waals surface area (Å²) in [4.78, 5) is 22.4. The van der Waals surface area contributed by atoms with Crippen LogP contribution in [0, 0.1) is 0 Å². The lowest BCUT2D eigenvalue weighted by Crippen LogP contribution is -2.39. The third-order valence-electron chi connectivity index (χ3n) is 3.14. The zero-order valence-corrected chi connectivity index (χ0v) is 11.1. The van der Waals surface area contributed by atoms with Crippen LogP contribution in [0.1, 0.15) is 28.8 Å². The molecule has 0 saturated carbocycles. The number of benzene rings is 1. The van der Waals surface area contributed by atoms with Crippen molar-refractivity contribution in [1.82, 2.24) is 10.6 Å². The Bertz CT molecular complexity index is 484. The van der Waals surface area contributed by atoms with Gasteiger partial charge in [0.15, 0.2) is 0 Å². The molecule has 20 heavy (non-hydrogen) atoms. The molecule has 2 rings (SSSR count). The van der Waals surface area contributed by atoms with E-state index in [0.29, 0.717) is 13.1 Å². The van der Waals surface area contributed by atoms with E-state index in [1.165, 1.54) is 6.07 Å². The number of carbonyl (C=O) groups excluding carboxylic acids is 1. The number of aromatic carboxylic acids is 1. The molecule has 0 radical (unpaired) electrons. The lowest BCUT2D eigenvalue weighted by Gasteiger charge is -2.11. The monoisotopic (exact) mass is 278 g/mol. The van der Waals surface area contributed by atoms with Crippen LogP contribution in [-0.4, -0.2) is 36.4 Å². The summed E-state index contributed by atoms with van der Waals surface area (Å²) < 4.78 is 5.40. The van der Waals surface area contributed by atoms with Crippen molar-refractivity contribution in [1.29, 1.82) is 0 Å². The molecule has 1 aliphatic rings. The van der Waals surface area contributed by atoms with Crippen LogP contribution in [0.25, 0.3) is 0 Å². The number of rotatable bonds is 5. The second kappa shape index (κ2) is 6.91. The van der Waals surface area contributed by atoms with Gasteiger partial charge in [0.25, 0.3) is 0 Å². The fraction of sp³-hybridized carbons (Fsp3) is 0.429. The molecule has 1 aromatic rings. The van der Waals surface area contributed by atoms with Gasteiger partial charge in [-0.05, 0) is 30.5 Å². The number of hydrogen-bond donors (Lipinski definition) is 3. The topological polar surface area (TPSA) is 87.7 Å². The highest BCUT2D eigenvalue weighted by Crippen LogP contribution is 2.10. The Kier molecular flexibility index (Phi) is 4.95. The minimum atomic E-state index is -0.977. The summed E-state index contributed by atoms with van der Waals surface area (Å²) >= 11 is 0. The molecule has 3 N–H and O–H groups in total. The van der Waals surface area contributed by atoms with E-state index in [0.717, 1.165) is 25.0 Å². The molecule has 108 valence electrons. The summed E-state index contributed by atoms with van der Waals surface area (Å²) in [6.07, 6.45) is 2.12. The van der Waals surface area contributed by atoms with Crippen molar-refractivity contribution in [3.8, 4) is 0 Å². The second-order valence-electron chi connectivity index (χ2n) is 4.70. The highest BCUT2D eigenvalue weighted by atomic mass is 16.5. The summed E-state index contributed by atoms with van der Waals surface area (Å²) in [7, 11) is 0. The maximum absolute atomic E-state index is 11.6. The lowest BCUT2D eigenvalue weighted by molar-refractivity contribution is 0.0696. The predicted molar refractivity (Wildman–Crippen MR) is 72.6 cm³/mol. The van der Waals surface area contributed by atoms with Crippen LogP contribution in [0.2, 0.25) is 0 Å². The average molecular weight is 278 g/mol. The van der Waals surface area contributed by atoms with Crippen molar-refractivity contribution in [2.75, 3.05) is 13.2 Å². The summed E-state index contributed by atoms with van der Waals surface area (Å²) in [5.41, 5.74) is 0.959. The van der Waals surface area contributed by atoms with E-state index < -0.39 is 5.97 Å². The molecule has 0 aromatic heterocycles. The van der Waals surface area contributed by atoms with Crippen LogP contribution in [0.3, 0.4) is 0 Å². The maximum atomic E-state index is 11.6. The van der Waals surface area contributed by atoms with Crippen LogP contribution < -0.4 is 10.6 Å². The molecule has 1 aromatic carbocycles. The molecule has 2 amide bonds. The first-order valence-electron chi connectivity index (χ1n) is 6.60. The number of hydrogen-bond acceptors (Lipinski definition) is 3. The number of carboxylic acid groups (broad SMARTS) is 1. The zero-order valence-electron chi connectivity index (χ0n) is 11.1. The van der Waals surface area contributed by atoms with Gasteiger partial charge >= 0.3 is 12.0 Å². The van der Waals surface area contributed by atoms with Crippen LogP contribution >= 0.6 is 0 Å². The van der Waals surface area contributed by atoms with Gasteiger partial charge in [-0.3, -0.25) is 0 Å². The van der Waals surface area contributed by atoms with Gasteiger partial charge in [-0.2, -0.15) is 0 Å². The Labute approximate surface area is 117 Å². The maximum Gasteiger partial charge on any atom is 0.335 e. The van der Waals surface area contributed by atoms with Crippen molar-refractivity contribution in [2.45, 2.75) is 25.5 Å².